The zero-order chi connectivity index (χ0) is 18.6. The lowest BCUT2D eigenvalue weighted by atomic mass is 10.1. The summed E-state index contributed by atoms with van der Waals surface area (Å²) in [5.41, 5.74) is 0.972. The number of hydrogen-bond donors (Lipinski definition) is 1. The van der Waals surface area contributed by atoms with E-state index in [1.807, 2.05) is 25.3 Å². The molecule has 2 aliphatic rings. The number of thioether (sulfide) groups is 1. The number of hydrogen-bond acceptors (Lipinski definition) is 5. The number of carbonyl (C=O) groups excluding carboxylic acids is 1. The molecule has 0 unspecified atom stereocenters. The van der Waals surface area contributed by atoms with Gasteiger partial charge in [0.15, 0.2) is 11.0 Å². The Morgan fingerprint density at radius 2 is 1.96 bits per heavy atom. The largest absolute Gasteiger partial charge is 0.352 e. The second kappa shape index (κ2) is 8.42. The molecule has 2 aromatic rings. The summed E-state index contributed by atoms with van der Waals surface area (Å²) in [6.45, 7) is 1.96. The maximum atomic E-state index is 12.7. The van der Waals surface area contributed by atoms with Crippen LogP contribution in [-0.4, -0.2) is 36.9 Å². The second-order valence-electron chi connectivity index (χ2n) is 7.61. The minimum absolute atomic E-state index is 0.111. The lowest BCUT2D eigenvalue weighted by Gasteiger charge is -2.19. The van der Waals surface area contributed by atoms with Crippen molar-refractivity contribution in [2.75, 3.05) is 0 Å². The molecule has 2 fully saturated rings. The van der Waals surface area contributed by atoms with Crippen molar-refractivity contribution in [1.82, 2.24) is 25.1 Å². The first-order chi connectivity index (χ1) is 13.2. The number of aromatic nitrogens is 4. The van der Waals surface area contributed by atoms with Crippen LogP contribution in [-0.2, 0) is 4.79 Å². The van der Waals surface area contributed by atoms with E-state index in [1.165, 1.54) is 37.4 Å². The third-order valence-electron chi connectivity index (χ3n) is 5.35. The van der Waals surface area contributed by atoms with E-state index in [2.05, 4.69) is 25.1 Å². The molecule has 2 heterocycles. The molecule has 1 amide bonds. The van der Waals surface area contributed by atoms with Crippen LogP contribution in [0, 0.1) is 0 Å². The zero-order valence-electron chi connectivity index (χ0n) is 15.8. The quantitative estimate of drug-likeness (QED) is 0.601. The summed E-state index contributed by atoms with van der Waals surface area (Å²) in [6.07, 6.45) is 13.1. The summed E-state index contributed by atoms with van der Waals surface area (Å²) >= 11 is 1.51. The van der Waals surface area contributed by atoms with Gasteiger partial charge in [0.1, 0.15) is 0 Å². The van der Waals surface area contributed by atoms with Crippen molar-refractivity contribution < 1.29 is 4.79 Å². The summed E-state index contributed by atoms with van der Waals surface area (Å²) < 4.78 is 2.19. The number of rotatable bonds is 6. The molecule has 2 saturated carbocycles. The molecule has 0 aliphatic heterocycles. The van der Waals surface area contributed by atoms with Crippen molar-refractivity contribution in [3.05, 3.63) is 24.5 Å². The van der Waals surface area contributed by atoms with Gasteiger partial charge in [0.25, 0.3) is 0 Å². The van der Waals surface area contributed by atoms with Crippen molar-refractivity contribution in [1.29, 1.82) is 0 Å². The van der Waals surface area contributed by atoms with Gasteiger partial charge in [-0.15, -0.1) is 10.2 Å². The predicted molar refractivity (Wildman–Crippen MR) is 106 cm³/mol. The highest BCUT2D eigenvalue weighted by Crippen LogP contribution is 2.41. The molecule has 1 atom stereocenters. The normalized spacial score (nSPS) is 19.4. The number of carbonyl (C=O) groups is 1. The van der Waals surface area contributed by atoms with Crippen LogP contribution in [0.4, 0.5) is 0 Å². The van der Waals surface area contributed by atoms with Gasteiger partial charge in [0, 0.05) is 30.0 Å². The molecule has 0 saturated heterocycles. The van der Waals surface area contributed by atoms with Gasteiger partial charge in [-0.3, -0.25) is 14.3 Å². The summed E-state index contributed by atoms with van der Waals surface area (Å²) in [4.78, 5) is 16.9. The van der Waals surface area contributed by atoms with Gasteiger partial charge in [-0.2, -0.15) is 0 Å². The summed E-state index contributed by atoms with van der Waals surface area (Å²) in [6, 6.07) is 4.69. The highest BCUT2D eigenvalue weighted by molar-refractivity contribution is 8.00. The molecule has 27 heavy (non-hydrogen) atoms. The van der Waals surface area contributed by atoms with Crippen molar-refractivity contribution in [2.45, 2.75) is 80.8 Å². The Balaban J connectivity index is 1.45. The van der Waals surface area contributed by atoms with Gasteiger partial charge >= 0.3 is 0 Å². The molecule has 1 N–H and O–H groups in total. The van der Waals surface area contributed by atoms with E-state index in [1.54, 1.807) is 6.20 Å². The van der Waals surface area contributed by atoms with E-state index in [0.29, 0.717) is 12.1 Å². The number of pyridine rings is 1. The highest BCUT2D eigenvalue weighted by atomic mass is 32.2. The average Bonchev–Trinajstić information content (AvgIpc) is 3.48. The van der Waals surface area contributed by atoms with Crippen LogP contribution in [0.2, 0.25) is 0 Å². The summed E-state index contributed by atoms with van der Waals surface area (Å²) in [5.74, 6) is 0.963. The zero-order valence-corrected chi connectivity index (χ0v) is 16.6. The Kier molecular flexibility index (Phi) is 5.76. The van der Waals surface area contributed by atoms with Gasteiger partial charge in [0.05, 0.1) is 5.25 Å². The smallest absolute Gasteiger partial charge is 0.233 e. The van der Waals surface area contributed by atoms with Crippen LogP contribution in [0.3, 0.4) is 0 Å². The minimum atomic E-state index is -0.184. The van der Waals surface area contributed by atoms with Gasteiger partial charge in [-0.1, -0.05) is 37.4 Å². The topological polar surface area (TPSA) is 72.7 Å². The molecule has 6 nitrogen and oxygen atoms in total. The van der Waals surface area contributed by atoms with Gasteiger partial charge in [-0.05, 0) is 44.7 Å². The van der Waals surface area contributed by atoms with Gasteiger partial charge < -0.3 is 5.32 Å². The molecule has 2 aliphatic carbocycles. The van der Waals surface area contributed by atoms with Crippen LogP contribution in [0.25, 0.3) is 11.4 Å². The molecule has 2 aromatic heterocycles. The summed E-state index contributed by atoms with van der Waals surface area (Å²) in [5, 5.41) is 12.7. The van der Waals surface area contributed by atoms with Crippen molar-refractivity contribution >= 4 is 17.7 Å². The van der Waals surface area contributed by atoms with Crippen LogP contribution in [0.15, 0.2) is 29.7 Å². The Hall–Kier alpha value is -1.89. The molecular weight excluding hydrogens is 358 g/mol. The molecule has 0 radical (unpaired) electrons. The first-order valence-electron chi connectivity index (χ1n) is 10.0. The minimum Gasteiger partial charge on any atom is -0.352 e. The number of nitrogens with zero attached hydrogens (tertiary/aromatic N) is 4. The van der Waals surface area contributed by atoms with E-state index in [0.717, 1.165) is 42.2 Å². The lowest BCUT2D eigenvalue weighted by Crippen LogP contribution is -2.39. The Morgan fingerprint density at radius 1 is 1.19 bits per heavy atom. The Labute approximate surface area is 164 Å². The average molecular weight is 386 g/mol. The van der Waals surface area contributed by atoms with E-state index < -0.39 is 0 Å². The predicted octanol–water partition coefficient (Wildman–Crippen LogP) is 3.99. The molecule has 0 aromatic carbocycles. The SMILES string of the molecule is C[C@@H](Sc1nnc(-c2cccnc2)n1C1CC1)C(=O)NC1CCCCCC1. The standard InChI is InChI=1S/C20H27N5OS/c1-14(19(26)22-16-8-4-2-3-5-9-16)27-20-24-23-18(25(20)17-10-11-17)15-7-6-12-21-13-15/h6-7,12-14,16-17H,2-5,8-11H2,1H3,(H,22,26)/t14-/m1/s1. The third-order valence-corrected chi connectivity index (χ3v) is 6.41. The van der Waals surface area contributed by atoms with E-state index >= 15 is 0 Å². The van der Waals surface area contributed by atoms with Crippen molar-refractivity contribution in [3.63, 3.8) is 0 Å². The molecule has 0 bridgehead atoms. The van der Waals surface area contributed by atoms with Crippen molar-refractivity contribution in [2.24, 2.45) is 0 Å². The van der Waals surface area contributed by atoms with Crippen LogP contribution >= 0.6 is 11.8 Å². The van der Waals surface area contributed by atoms with E-state index in [4.69, 9.17) is 0 Å². The first kappa shape index (κ1) is 18.5. The van der Waals surface area contributed by atoms with Gasteiger partial charge in [-0.25, -0.2) is 0 Å². The molecular formula is C20H27N5OS. The number of amides is 1. The van der Waals surface area contributed by atoms with E-state index in [-0.39, 0.29) is 11.2 Å². The fourth-order valence-corrected chi connectivity index (χ4v) is 4.59. The van der Waals surface area contributed by atoms with Gasteiger partial charge in [0.2, 0.25) is 5.91 Å². The lowest BCUT2D eigenvalue weighted by molar-refractivity contribution is -0.121. The van der Waals surface area contributed by atoms with Crippen LogP contribution < -0.4 is 5.32 Å². The maximum Gasteiger partial charge on any atom is 0.233 e. The Bertz CT molecular complexity index is 766. The molecule has 144 valence electrons. The van der Waals surface area contributed by atoms with Crippen molar-refractivity contribution in [3.8, 4) is 11.4 Å². The fraction of sp³-hybridized carbons (Fsp3) is 0.600. The second-order valence-corrected chi connectivity index (χ2v) is 8.91. The highest BCUT2D eigenvalue weighted by Gasteiger charge is 2.31. The fourth-order valence-electron chi connectivity index (χ4n) is 3.67. The molecule has 4 rings (SSSR count). The molecule has 0 spiro atoms. The van der Waals surface area contributed by atoms with Crippen LogP contribution in [0.1, 0.15) is 64.3 Å². The van der Waals surface area contributed by atoms with E-state index in [9.17, 15) is 4.79 Å². The number of nitrogens with one attached hydrogen (secondary N) is 1. The van der Waals surface area contributed by atoms with Crippen LogP contribution in [0.5, 0.6) is 0 Å². The maximum absolute atomic E-state index is 12.7. The monoisotopic (exact) mass is 385 g/mol. The first-order valence-corrected chi connectivity index (χ1v) is 10.9. The summed E-state index contributed by atoms with van der Waals surface area (Å²) in [7, 11) is 0. The third kappa shape index (κ3) is 4.51. The molecule has 7 heteroatoms. The Morgan fingerprint density at radius 3 is 2.63 bits per heavy atom.